The molecule has 0 unspecified atom stereocenters. The molecule has 0 fully saturated rings. The zero-order valence-electron chi connectivity index (χ0n) is 13.0. The van der Waals surface area contributed by atoms with Gasteiger partial charge in [0, 0.05) is 11.3 Å². The lowest BCUT2D eigenvalue weighted by molar-refractivity contribution is 0.104. The summed E-state index contributed by atoms with van der Waals surface area (Å²) in [7, 11) is 0. The Kier molecular flexibility index (Phi) is 5.17. The summed E-state index contributed by atoms with van der Waals surface area (Å²) in [5, 5.41) is 9.40. The van der Waals surface area contributed by atoms with E-state index in [1.165, 1.54) is 35.2 Å². The number of carbonyl (C=O) groups is 1. The highest BCUT2D eigenvalue weighted by Crippen LogP contribution is 2.40. The summed E-state index contributed by atoms with van der Waals surface area (Å²) < 4.78 is 13.9. The summed E-state index contributed by atoms with van der Waals surface area (Å²) in [6.45, 7) is 0. The highest BCUT2D eigenvalue weighted by Gasteiger charge is 2.22. The number of nitrogen functional groups attached to an aromatic ring is 1. The van der Waals surface area contributed by atoms with Crippen LogP contribution in [0.4, 0.5) is 10.1 Å². The Balaban J connectivity index is 1.88. The zero-order valence-corrected chi connectivity index (χ0v) is 14.7. The number of nitrogens with zero attached hydrogens (tertiary/aromatic N) is 1. The molecule has 0 amide bonds. The van der Waals surface area contributed by atoms with E-state index in [2.05, 4.69) is 6.07 Å². The lowest BCUT2D eigenvalue weighted by Gasteiger charge is -2.00. The number of halogens is 1. The van der Waals surface area contributed by atoms with Crippen molar-refractivity contribution in [1.82, 2.24) is 0 Å². The predicted molar refractivity (Wildman–Crippen MR) is 99.3 cm³/mol. The van der Waals surface area contributed by atoms with E-state index in [1.54, 1.807) is 30.3 Å². The van der Waals surface area contributed by atoms with Crippen LogP contribution in [0.2, 0.25) is 0 Å². The molecule has 0 saturated heterocycles. The van der Waals surface area contributed by atoms with Gasteiger partial charge in [0.05, 0.1) is 9.90 Å². The molecule has 3 rings (SSSR count). The number of rotatable bonds is 5. The minimum atomic E-state index is -0.302. The lowest BCUT2D eigenvalue weighted by atomic mass is 10.1. The van der Waals surface area contributed by atoms with Crippen molar-refractivity contribution < 1.29 is 9.18 Å². The molecule has 0 saturated carbocycles. The molecule has 3 nitrogen and oxygen atoms in total. The third kappa shape index (κ3) is 3.73. The van der Waals surface area contributed by atoms with Crippen LogP contribution in [0.1, 0.15) is 26.4 Å². The molecular weight excluding hydrogens is 355 g/mol. The van der Waals surface area contributed by atoms with Gasteiger partial charge in [0.2, 0.25) is 5.78 Å². The molecule has 0 bridgehead atoms. The Bertz CT molecular complexity index is 961. The Labute approximate surface area is 152 Å². The van der Waals surface area contributed by atoms with Gasteiger partial charge in [-0.2, -0.15) is 5.26 Å². The molecule has 0 aliphatic carbocycles. The van der Waals surface area contributed by atoms with E-state index in [1.807, 2.05) is 12.1 Å². The molecule has 0 radical (unpaired) electrons. The first-order chi connectivity index (χ1) is 12.1. The van der Waals surface area contributed by atoms with E-state index in [9.17, 15) is 14.4 Å². The van der Waals surface area contributed by atoms with Gasteiger partial charge in [-0.3, -0.25) is 4.79 Å². The summed E-state index contributed by atoms with van der Waals surface area (Å²) in [6.07, 6.45) is 0. The summed E-state index contributed by atoms with van der Waals surface area (Å²) in [5.41, 5.74) is 7.89. The molecule has 1 aromatic heterocycles. The molecule has 0 spiro atoms. The SMILES string of the molecule is N#Cc1c(SCc2cccc(F)c2)sc(C(=O)c2ccccc2)c1N. The third-order valence-electron chi connectivity index (χ3n) is 3.53. The fraction of sp³-hybridized carbons (Fsp3) is 0.0526. The second-order valence-electron chi connectivity index (χ2n) is 5.23. The van der Waals surface area contributed by atoms with E-state index in [0.29, 0.717) is 26.0 Å². The van der Waals surface area contributed by atoms with Gasteiger partial charge >= 0.3 is 0 Å². The number of carbonyl (C=O) groups excluding carboxylic acids is 1. The molecule has 0 aliphatic rings. The summed E-state index contributed by atoms with van der Waals surface area (Å²) in [6, 6.07) is 17.2. The maximum atomic E-state index is 13.3. The van der Waals surface area contributed by atoms with Gasteiger partial charge in [0.1, 0.15) is 22.3 Å². The maximum Gasteiger partial charge on any atom is 0.205 e. The van der Waals surface area contributed by atoms with Crippen molar-refractivity contribution in [2.45, 2.75) is 9.96 Å². The van der Waals surface area contributed by atoms with Crippen molar-refractivity contribution in [3.05, 3.63) is 82.0 Å². The first-order valence-corrected chi connectivity index (χ1v) is 9.19. The second-order valence-corrected chi connectivity index (χ2v) is 7.50. The Hall–Kier alpha value is -2.62. The molecule has 3 aromatic rings. The molecule has 1 heterocycles. The van der Waals surface area contributed by atoms with Gasteiger partial charge in [-0.1, -0.05) is 42.5 Å². The maximum absolute atomic E-state index is 13.3. The predicted octanol–water partition coefficient (Wildman–Crippen LogP) is 4.86. The average Bonchev–Trinajstić information content (AvgIpc) is 2.95. The van der Waals surface area contributed by atoms with Crippen molar-refractivity contribution in [3.8, 4) is 6.07 Å². The number of hydrogen-bond donors (Lipinski definition) is 1. The van der Waals surface area contributed by atoms with Crippen LogP contribution in [0, 0.1) is 17.1 Å². The molecule has 0 aliphatic heterocycles. The Morgan fingerprint density at radius 2 is 1.96 bits per heavy atom. The van der Waals surface area contributed by atoms with Crippen LogP contribution in [0.25, 0.3) is 0 Å². The van der Waals surface area contributed by atoms with Gasteiger partial charge in [0.15, 0.2) is 0 Å². The normalized spacial score (nSPS) is 10.4. The van der Waals surface area contributed by atoms with Gasteiger partial charge in [-0.05, 0) is 17.7 Å². The molecule has 2 aromatic carbocycles. The molecule has 0 atom stereocenters. The van der Waals surface area contributed by atoms with Gasteiger partial charge in [-0.15, -0.1) is 23.1 Å². The monoisotopic (exact) mass is 368 g/mol. The minimum Gasteiger partial charge on any atom is -0.396 e. The Morgan fingerprint density at radius 3 is 2.64 bits per heavy atom. The van der Waals surface area contributed by atoms with Crippen LogP contribution >= 0.6 is 23.1 Å². The summed E-state index contributed by atoms with van der Waals surface area (Å²) in [4.78, 5) is 13.0. The fourth-order valence-corrected chi connectivity index (χ4v) is 4.60. The molecule has 6 heteroatoms. The van der Waals surface area contributed by atoms with E-state index in [4.69, 9.17) is 5.73 Å². The largest absolute Gasteiger partial charge is 0.396 e. The topological polar surface area (TPSA) is 66.9 Å². The number of anilines is 1. The second kappa shape index (κ2) is 7.51. The fourth-order valence-electron chi connectivity index (χ4n) is 2.29. The number of thioether (sulfide) groups is 1. The van der Waals surface area contributed by atoms with E-state index in [-0.39, 0.29) is 17.3 Å². The number of nitriles is 1. The van der Waals surface area contributed by atoms with Crippen molar-refractivity contribution in [2.24, 2.45) is 0 Å². The van der Waals surface area contributed by atoms with E-state index in [0.717, 1.165) is 5.56 Å². The molecular formula is C19H13FN2OS2. The van der Waals surface area contributed by atoms with Crippen molar-refractivity contribution in [2.75, 3.05) is 5.73 Å². The van der Waals surface area contributed by atoms with Crippen molar-refractivity contribution in [3.63, 3.8) is 0 Å². The summed E-state index contributed by atoms with van der Waals surface area (Å²) in [5.74, 6) is -0.00723. The number of hydrogen-bond acceptors (Lipinski definition) is 5. The standard InChI is InChI=1S/C19H13FN2OS2/c20-14-8-4-5-12(9-14)11-24-19-15(10-21)16(22)18(25-19)17(23)13-6-2-1-3-7-13/h1-9H,11,22H2. The quantitative estimate of drug-likeness (QED) is 0.516. The molecule has 25 heavy (non-hydrogen) atoms. The molecule has 124 valence electrons. The average molecular weight is 368 g/mol. The zero-order chi connectivity index (χ0) is 17.8. The Morgan fingerprint density at radius 1 is 1.20 bits per heavy atom. The van der Waals surface area contributed by atoms with Crippen LogP contribution in [0.3, 0.4) is 0 Å². The minimum absolute atomic E-state index is 0.197. The lowest BCUT2D eigenvalue weighted by Crippen LogP contribution is -2.02. The van der Waals surface area contributed by atoms with Crippen LogP contribution in [0.5, 0.6) is 0 Å². The van der Waals surface area contributed by atoms with Crippen LogP contribution in [0.15, 0.2) is 58.8 Å². The van der Waals surface area contributed by atoms with Crippen LogP contribution in [-0.2, 0) is 5.75 Å². The number of nitrogens with two attached hydrogens (primary N) is 1. The highest BCUT2D eigenvalue weighted by molar-refractivity contribution is 8.00. The molecule has 2 N–H and O–H groups in total. The number of benzene rings is 2. The van der Waals surface area contributed by atoms with Gasteiger partial charge in [0.25, 0.3) is 0 Å². The number of ketones is 1. The third-order valence-corrected chi connectivity index (χ3v) is 6.07. The number of thiophene rings is 1. The van der Waals surface area contributed by atoms with Crippen molar-refractivity contribution >= 4 is 34.6 Å². The first-order valence-electron chi connectivity index (χ1n) is 7.39. The van der Waals surface area contributed by atoms with Crippen LogP contribution in [-0.4, -0.2) is 5.78 Å². The van der Waals surface area contributed by atoms with Crippen molar-refractivity contribution in [1.29, 1.82) is 5.26 Å². The van der Waals surface area contributed by atoms with Gasteiger partial charge in [-0.25, -0.2) is 4.39 Å². The first kappa shape index (κ1) is 17.2. The van der Waals surface area contributed by atoms with Gasteiger partial charge < -0.3 is 5.73 Å². The summed E-state index contributed by atoms with van der Waals surface area (Å²) >= 11 is 2.59. The smallest absolute Gasteiger partial charge is 0.205 e. The van der Waals surface area contributed by atoms with E-state index >= 15 is 0 Å². The highest BCUT2D eigenvalue weighted by atomic mass is 32.2. The van der Waals surface area contributed by atoms with Crippen LogP contribution < -0.4 is 5.73 Å². The van der Waals surface area contributed by atoms with E-state index < -0.39 is 0 Å².